The summed E-state index contributed by atoms with van der Waals surface area (Å²) in [6, 6.07) is 0. The van der Waals surface area contributed by atoms with Crippen LogP contribution in [0.1, 0.15) is 78.6 Å². The first-order valence-electron chi connectivity index (χ1n) is 11.2. The van der Waals surface area contributed by atoms with Gasteiger partial charge in [-0.05, 0) is 61.7 Å². The topological polar surface area (TPSA) is 60.4 Å². The molecule has 3 fully saturated rings. The second-order valence-electron chi connectivity index (χ2n) is 10.2. The molecule has 0 aromatic heterocycles. The number of allylic oxidation sites excluding steroid dienone is 2. The Morgan fingerprint density at radius 2 is 1.97 bits per heavy atom. The number of ketones is 2. The molecule has 4 aliphatic carbocycles. The van der Waals surface area contributed by atoms with E-state index in [1.165, 1.54) is 5.57 Å². The maximum atomic E-state index is 13.1. The summed E-state index contributed by atoms with van der Waals surface area (Å²) in [5, 5.41) is 0. The zero-order valence-corrected chi connectivity index (χ0v) is 18.6. The molecule has 4 nitrogen and oxygen atoms in total. The Morgan fingerprint density at radius 3 is 2.66 bits per heavy atom. The van der Waals surface area contributed by atoms with Crippen LogP contribution in [0.25, 0.3) is 0 Å². The highest BCUT2D eigenvalue weighted by Crippen LogP contribution is 2.67. The predicted octanol–water partition coefficient (Wildman–Crippen LogP) is 5.02. The summed E-state index contributed by atoms with van der Waals surface area (Å²) in [5.74, 6) is 0.994. The molecule has 160 valence electrons. The maximum absolute atomic E-state index is 13.1. The minimum Gasteiger partial charge on any atom is -0.450 e. The highest BCUT2D eigenvalue weighted by molar-refractivity contribution is 6.29. The summed E-state index contributed by atoms with van der Waals surface area (Å²) < 4.78 is 5.95. The smallest absolute Gasteiger partial charge is 0.306 e. The van der Waals surface area contributed by atoms with Crippen molar-refractivity contribution in [3.05, 3.63) is 11.6 Å². The van der Waals surface area contributed by atoms with Crippen molar-refractivity contribution < 1.29 is 19.1 Å². The van der Waals surface area contributed by atoms with Gasteiger partial charge in [-0.25, -0.2) is 0 Å². The van der Waals surface area contributed by atoms with Crippen molar-refractivity contribution in [2.75, 3.05) is 5.88 Å². The Hall–Kier alpha value is -1.16. The van der Waals surface area contributed by atoms with Crippen LogP contribution in [0, 0.1) is 28.6 Å². The van der Waals surface area contributed by atoms with Crippen LogP contribution in [-0.4, -0.2) is 29.0 Å². The lowest BCUT2D eigenvalue weighted by Crippen LogP contribution is -2.57. The Balaban J connectivity index is 1.73. The summed E-state index contributed by atoms with van der Waals surface area (Å²) >= 11 is 6.02. The van der Waals surface area contributed by atoms with Crippen LogP contribution in [0.3, 0.4) is 0 Å². The van der Waals surface area contributed by atoms with E-state index in [0.717, 1.165) is 32.1 Å². The molecule has 0 N–H and O–H groups in total. The minimum absolute atomic E-state index is 0.0972. The third kappa shape index (κ3) is 2.88. The van der Waals surface area contributed by atoms with Crippen molar-refractivity contribution in [1.82, 2.24) is 0 Å². The van der Waals surface area contributed by atoms with Crippen molar-refractivity contribution >= 4 is 29.1 Å². The lowest BCUT2D eigenvalue weighted by molar-refractivity contribution is -0.182. The van der Waals surface area contributed by atoms with Crippen LogP contribution in [-0.2, 0) is 19.1 Å². The van der Waals surface area contributed by atoms with Gasteiger partial charge in [0, 0.05) is 24.7 Å². The summed E-state index contributed by atoms with van der Waals surface area (Å²) in [7, 11) is 0. The van der Waals surface area contributed by atoms with Crippen LogP contribution >= 0.6 is 11.6 Å². The van der Waals surface area contributed by atoms with Gasteiger partial charge in [0.15, 0.2) is 11.4 Å². The largest absolute Gasteiger partial charge is 0.450 e. The Labute approximate surface area is 178 Å². The van der Waals surface area contributed by atoms with Gasteiger partial charge in [-0.3, -0.25) is 14.4 Å². The number of ether oxygens (including phenoxy) is 1. The SMILES string of the molecule is CCC(=O)O[C@]1(C(=O)CCl)CC[C@H]2[C@@H]3CCC4CC(=O)CC[C@]4(C)C3=CC[C@@]21C. The number of carbonyl (C=O) groups is 3. The van der Waals surface area contributed by atoms with E-state index in [-0.39, 0.29) is 29.5 Å². The molecule has 5 heteroatoms. The number of hydrogen-bond acceptors (Lipinski definition) is 4. The number of carbonyl (C=O) groups excluding carboxylic acids is 3. The van der Waals surface area contributed by atoms with Gasteiger partial charge in [0.2, 0.25) is 0 Å². The first-order valence-corrected chi connectivity index (χ1v) is 11.8. The number of rotatable bonds is 4. The first kappa shape index (κ1) is 21.1. The molecular formula is C24H33ClO4. The lowest BCUT2D eigenvalue weighted by atomic mass is 9.48. The van der Waals surface area contributed by atoms with Crippen LogP contribution in [0.15, 0.2) is 11.6 Å². The Bertz CT molecular complexity index is 773. The molecule has 0 heterocycles. The molecule has 0 amide bonds. The Morgan fingerprint density at radius 1 is 1.21 bits per heavy atom. The number of fused-ring (bicyclic) bond motifs is 5. The standard InChI is InChI=1S/C24H33ClO4/c1-4-21(28)29-24(20(27)14-25)12-9-19-17-6-5-15-13-16(26)7-10-22(15,2)18(17)8-11-23(19,24)3/h8,15,17,19H,4-7,9-14H2,1-3H3/t15?,17-,19+,22+,23+,24+/m1/s1. The van der Waals surface area contributed by atoms with E-state index in [4.69, 9.17) is 16.3 Å². The quantitative estimate of drug-likeness (QED) is 0.364. The third-order valence-corrected chi connectivity index (χ3v) is 9.35. The lowest BCUT2D eigenvalue weighted by Gasteiger charge is -2.56. The molecule has 1 unspecified atom stereocenters. The van der Waals surface area contributed by atoms with Gasteiger partial charge >= 0.3 is 5.97 Å². The molecule has 4 aliphatic rings. The molecule has 29 heavy (non-hydrogen) atoms. The number of Topliss-reactive ketones (excluding diaryl/α,β-unsaturated/α-hetero) is 2. The van der Waals surface area contributed by atoms with E-state index in [0.29, 0.717) is 42.8 Å². The predicted molar refractivity (Wildman–Crippen MR) is 112 cm³/mol. The molecule has 0 aliphatic heterocycles. The van der Waals surface area contributed by atoms with Crippen molar-refractivity contribution in [2.45, 2.75) is 84.2 Å². The van der Waals surface area contributed by atoms with Gasteiger partial charge in [-0.15, -0.1) is 11.6 Å². The summed E-state index contributed by atoms with van der Waals surface area (Å²) in [6.07, 6.45) is 9.28. The van der Waals surface area contributed by atoms with E-state index in [1.54, 1.807) is 6.92 Å². The van der Waals surface area contributed by atoms with Gasteiger partial charge < -0.3 is 4.74 Å². The fourth-order valence-electron chi connectivity index (χ4n) is 7.37. The highest BCUT2D eigenvalue weighted by Gasteiger charge is 2.67. The fraction of sp³-hybridized carbons (Fsp3) is 0.792. The van der Waals surface area contributed by atoms with Crippen LogP contribution in [0.2, 0.25) is 0 Å². The number of halogens is 1. The second-order valence-corrected chi connectivity index (χ2v) is 10.4. The molecule has 0 aromatic carbocycles. The van der Waals surface area contributed by atoms with Gasteiger partial charge in [-0.1, -0.05) is 32.4 Å². The number of alkyl halides is 1. The highest BCUT2D eigenvalue weighted by atomic mass is 35.5. The van der Waals surface area contributed by atoms with Crippen molar-refractivity contribution in [3.63, 3.8) is 0 Å². The van der Waals surface area contributed by atoms with E-state index in [1.807, 2.05) is 0 Å². The van der Waals surface area contributed by atoms with Gasteiger partial charge in [0.1, 0.15) is 5.78 Å². The molecule has 0 saturated heterocycles. The molecule has 3 saturated carbocycles. The van der Waals surface area contributed by atoms with Crippen LogP contribution < -0.4 is 0 Å². The normalized spacial score (nSPS) is 43.7. The van der Waals surface area contributed by atoms with Crippen molar-refractivity contribution in [2.24, 2.45) is 28.6 Å². The Kier molecular flexibility index (Phi) is 5.25. The molecular weight excluding hydrogens is 388 g/mol. The first-order chi connectivity index (χ1) is 13.7. The molecule has 0 radical (unpaired) electrons. The van der Waals surface area contributed by atoms with Crippen molar-refractivity contribution in [3.8, 4) is 0 Å². The van der Waals surface area contributed by atoms with E-state index in [9.17, 15) is 14.4 Å². The van der Waals surface area contributed by atoms with Gasteiger partial charge in [0.25, 0.3) is 0 Å². The fourth-order valence-corrected chi connectivity index (χ4v) is 7.59. The molecule has 6 atom stereocenters. The minimum atomic E-state index is -1.10. The average molecular weight is 421 g/mol. The number of esters is 1. The molecule has 0 spiro atoms. The zero-order valence-electron chi connectivity index (χ0n) is 17.9. The number of hydrogen-bond donors (Lipinski definition) is 0. The van der Waals surface area contributed by atoms with E-state index >= 15 is 0 Å². The zero-order chi connectivity index (χ0) is 21.0. The van der Waals surface area contributed by atoms with Crippen molar-refractivity contribution in [1.29, 1.82) is 0 Å². The molecule has 0 bridgehead atoms. The van der Waals surface area contributed by atoms with Gasteiger partial charge in [-0.2, -0.15) is 0 Å². The third-order valence-electron chi connectivity index (χ3n) is 9.11. The van der Waals surface area contributed by atoms with E-state index in [2.05, 4.69) is 19.9 Å². The summed E-state index contributed by atoms with van der Waals surface area (Å²) in [5.41, 5.74) is 0.0974. The maximum Gasteiger partial charge on any atom is 0.306 e. The van der Waals surface area contributed by atoms with Gasteiger partial charge in [0.05, 0.1) is 5.88 Å². The molecule has 4 rings (SSSR count). The monoisotopic (exact) mass is 420 g/mol. The van der Waals surface area contributed by atoms with Crippen LogP contribution in [0.5, 0.6) is 0 Å². The molecule has 0 aromatic rings. The second kappa shape index (κ2) is 7.21. The summed E-state index contributed by atoms with van der Waals surface area (Å²) in [4.78, 5) is 37.4. The van der Waals surface area contributed by atoms with E-state index < -0.39 is 11.0 Å². The summed E-state index contributed by atoms with van der Waals surface area (Å²) in [6.45, 7) is 6.26. The average Bonchev–Trinajstić information content (AvgIpc) is 3.01. The van der Waals surface area contributed by atoms with Crippen LogP contribution in [0.4, 0.5) is 0 Å².